The van der Waals surface area contributed by atoms with Gasteiger partial charge in [0.25, 0.3) is 0 Å². The second-order valence-electron chi connectivity index (χ2n) is 35.2. The van der Waals surface area contributed by atoms with Crippen molar-refractivity contribution in [1.29, 1.82) is 0 Å². The molecule has 6 aliphatic carbocycles. The van der Waals surface area contributed by atoms with E-state index in [1.807, 2.05) is 109 Å². The average Bonchev–Trinajstić information content (AvgIpc) is 1.62. The summed E-state index contributed by atoms with van der Waals surface area (Å²) < 4.78 is 114. The summed E-state index contributed by atoms with van der Waals surface area (Å²) in [5.41, 5.74) is 9.07. The fourth-order valence-electron chi connectivity index (χ4n) is 18.2. The summed E-state index contributed by atoms with van der Waals surface area (Å²) in [5, 5.41) is 87.1. The predicted octanol–water partition coefficient (Wildman–Crippen LogP) is 12.6. The molecular weight excluding hydrogens is 2100 g/mol. The maximum Gasteiger partial charge on any atom is 0.333 e. The highest BCUT2D eigenvalue weighted by Crippen LogP contribution is 2.47. The number of ether oxygens (including phenoxy) is 1. The van der Waals surface area contributed by atoms with E-state index < -0.39 is 107 Å². The van der Waals surface area contributed by atoms with Gasteiger partial charge < -0.3 is 51.5 Å². The fourth-order valence-corrected chi connectivity index (χ4v) is 23.6. The third-order valence-electron chi connectivity index (χ3n) is 25.3. The average molecular weight is 2220 g/mol. The van der Waals surface area contributed by atoms with Crippen LogP contribution in [0.2, 0.25) is 10.0 Å². The van der Waals surface area contributed by atoms with Crippen molar-refractivity contribution >= 4 is 161 Å². The summed E-state index contributed by atoms with van der Waals surface area (Å²) in [5.74, 6) is -1.42. The lowest BCUT2D eigenvalue weighted by atomic mass is 9.78. The molecule has 5 fully saturated rings. The number of aromatic nitrogens is 8. The van der Waals surface area contributed by atoms with Gasteiger partial charge in [-0.05, 0) is 211 Å². The molecule has 3 aromatic carbocycles. The quantitative estimate of drug-likeness (QED) is 0.0128. The number of thiophene rings is 3. The zero-order chi connectivity index (χ0) is 101. The lowest BCUT2D eigenvalue weighted by Crippen LogP contribution is -2.36. The number of rotatable bonds is 36. The Labute approximate surface area is 867 Å². The Morgan fingerprint density at radius 3 is 1.47 bits per heavy atom. The van der Waals surface area contributed by atoms with Crippen molar-refractivity contribution in [3.8, 4) is 0 Å². The molecule has 17 rings (SSSR count). The van der Waals surface area contributed by atoms with E-state index in [1.165, 1.54) is 103 Å². The van der Waals surface area contributed by atoms with Crippen molar-refractivity contribution in [2.24, 2.45) is 44.2 Å². The van der Waals surface area contributed by atoms with Crippen LogP contribution in [-0.4, -0.2) is 216 Å². The number of carbonyl (C=O) groups is 4. The number of anilines is 4. The number of carbonyl (C=O) groups excluding carboxylic acids is 4. The van der Waals surface area contributed by atoms with Crippen LogP contribution < -0.4 is 41.8 Å². The molecule has 10 aromatic rings. The molecule has 144 heavy (non-hydrogen) atoms. The van der Waals surface area contributed by atoms with Crippen LogP contribution in [0.5, 0.6) is 0 Å². The normalized spacial score (nSPS) is 23.1. The van der Waals surface area contributed by atoms with E-state index in [2.05, 4.69) is 113 Å². The zero-order valence-corrected chi connectivity index (χ0v) is 84.5. The Bertz CT molecular complexity index is 6730. The molecule has 0 radical (unpaired) electrons. The molecular formula is C96H117BrCl2N16O22S7. The van der Waals surface area contributed by atoms with Gasteiger partial charge in [-0.1, -0.05) is 119 Å². The van der Waals surface area contributed by atoms with Crippen molar-refractivity contribution < 1.29 is 99.9 Å². The molecule has 1 aliphatic heterocycles. The number of ketones is 4. The molecule has 15 atom stereocenters. The molecule has 38 nitrogen and oxygen atoms in total. The van der Waals surface area contributed by atoms with Crippen molar-refractivity contribution in [1.82, 2.24) is 39.9 Å². The van der Waals surface area contributed by atoms with Gasteiger partial charge in [-0.25, -0.2) is 60.4 Å². The third-order valence-corrected chi connectivity index (χ3v) is 31.6. The SMILES string of the molecule is C.C.C.CC(c1cccc(Cl)c1)c1csc(C(=O)c2cncnc2N[C@@H]2C[C@H](COS(N)(=O)=O)[C@@H](O)C2)c1.NS(=O)(=O)OC[C@H]1C[C@@H](Nc2ncncc2C(=O)C2=CC(C3(C4=CCCCC4)CCCO3)=CC2)C[C@@H]1O.NS(=O)(=O)OC[C@H]1C[C@@H](Nc2ncncc2C(=O)c2cc(Cc3cccc(Cl)c3)c(Br)s2)C[C@@H]1O.NS(=O)(=O)OC[C@H]1C[C@@H](Nc2ncncc2C(=O)c2ccc(Cc3ccccc3)s2)[C@H](O)[C@@H]1O. The minimum absolute atomic E-state index is 0. The van der Waals surface area contributed by atoms with Gasteiger partial charge in [0.2, 0.25) is 17.3 Å². The highest BCUT2D eigenvalue weighted by Gasteiger charge is 2.46. The van der Waals surface area contributed by atoms with Gasteiger partial charge in [0.1, 0.15) is 60.3 Å². The maximum absolute atomic E-state index is 13.6. The Kier molecular flexibility index (Phi) is 41.0. The largest absolute Gasteiger partial charge is 0.393 e. The Morgan fingerprint density at radius 1 is 0.507 bits per heavy atom. The summed E-state index contributed by atoms with van der Waals surface area (Å²) in [4.78, 5) is 89.1. The summed E-state index contributed by atoms with van der Waals surface area (Å²) in [6, 6.07) is 31.1. The van der Waals surface area contributed by atoms with Crippen LogP contribution in [0, 0.1) is 23.7 Å². The number of nitrogens with two attached hydrogens (primary N) is 4. The fraction of sp³-hybridized carbons (Fsp3) is 0.417. The van der Waals surface area contributed by atoms with E-state index in [1.54, 1.807) is 6.07 Å². The molecule has 2 unspecified atom stereocenters. The van der Waals surface area contributed by atoms with Crippen LogP contribution >= 0.6 is 73.1 Å². The van der Waals surface area contributed by atoms with Gasteiger partial charge in [0.05, 0.1) is 97.6 Å². The molecule has 0 spiro atoms. The molecule has 8 heterocycles. The molecule has 1 saturated heterocycles. The molecule has 7 aromatic heterocycles. The number of benzene rings is 3. The highest BCUT2D eigenvalue weighted by atomic mass is 79.9. The van der Waals surface area contributed by atoms with Crippen molar-refractivity contribution in [3.05, 3.63) is 277 Å². The first-order valence-electron chi connectivity index (χ1n) is 44.9. The number of halogens is 3. The lowest BCUT2D eigenvalue weighted by molar-refractivity contribution is 0.00778. The van der Waals surface area contributed by atoms with Gasteiger partial charge in [-0.15, -0.1) is 34.0 Å². The molecule has 48 heteroatoms. The number of hydrogen-bond acceptors (Lipinski definition) is 37. The number of hydrogen-bond donors (Lipinski definition) is 13. The van der Waals surface area contributed by atoms with Crippen LogP contribution in [0.25, 0.3) is 0 Å². The number of allylic oxidation sites excluding steroid dienone is 3. The van der Waals surface area contributed by atoms with E-state index in [0.717, 1.165) is 74.3 Å². The second kappa shape index (κ2) is 51.4. The van der Waals surface area contributed by atoms with Crippen LogP contribution in [-0.2, 0) is 75.5 Å². The lowest BCUT2D eigenvalue weighted by Gasteiger charge is -2.34. The van der Waals surface area contributed by atoms with E-state index in [4.69, 9.17) is 48.5 Å². The van der Waals surface area contributed by atoms with Gasteiger partial charge in [0.15, 0.2) is 5.78 Å². The summed E-state index contributed by atoms with van der Waals surface area (Å²) in [6.07, 6.45) is 23.6. The smallest absolute Gasteiger partial charge is 0.333 e. The second-order valence-corrected chi connectivity index (χ2v) is 45.4. The zero-order valence-electron chi connectivity index (χ0n) is 75.7. The Balaban J connectivity index is 0.000000182. The molecule has 4 saturated carbocycles. The topological polar surface area (TPSA) is 607 Å². The first-order chi connectivity index (χ1) is 67.1. The Hall–Kier alpha value is -9.52. The van der Waals surface area contributed by atoms with E-state index in [-0.39, 0.29) is 114 Å². The van der Waals surface area contributed by atoms with E-state index >= 15 is 0 Å². The number of aliphatic hydroxyl groups is 5. The Morgan fingerprint density at radius 2 is 0.986 bits per heavy atom. The van der Waals surface area contributed by atoms with Crippen molar-refractivity contribution in [2.45, 2.75) is 198 Å². The van der Waals surface area contributed by atoms with E-state index in [9.17, 15) is 78.4 Å². The minimum atomic E-state index is -4.17. The van der Waals surface area contributed by atoms with Gasteiger partial charge >= 0.3 is 41.2 Å². The first kappa shape index (κ1) is 115. The molecule has 0 amide bonds. The van der Waals surface area contributed by atoms with Gasteiger partial charge in [-0.2, -0.15) is 33.7 Å². The standard InChI is InChI=1S/C26H34N4O6S.C23H25ClN4O5S2.C22H22BrClN4O5S2.C22H24N4O6S2.3CH4/c27-37(33,34)36-15-18-12-21(13-23(18)31)30-25-22(14-28-16-29-25)24(32)17-7-8-20(11-17)26(9-4-10-35-26)19-5-2-1-3-6-19;1-13(14-3-2-4-17(24)5-14)16-7-21(34-11-16)22(30)19-9-26-12-27-23(19)28-18-6-15(20(29)8-18)10-33-35(25,31)32;23-21-13(4-12-2-1-3-15(24)5-12)7-19(34-21)20(30)17-9-26-11-27-22(17)28-16-6-14(18(29)8-16)10-33-35(25,31)32;23-34(30,31)32-11-14-9-17(21(29)19(14)27)26-22-16(10-24-12-25-22)20(28)18-7-6-15(33-18)8-13-4-2-1-3-5-13;;;/h5,8,11,14,16,18,21,23,31H,1-4,6-7,9-10,12-13,15H2,(H2,27,33,34)(H,28,29,30);2-5,7,9,11-13,15,18,20,29H,6,8,10H2,1H3,(H2,25,31,32)(H,26,27,28);1-3,5,7,9,11,14,16,18,29H,4,6,8,10H2,(H2,25,31,32)(H,26,27,28);1-7,10,12,14,17,19,21,27,29H,8-9,11H2,(H2,23,30,31)(H,24,25,26);3*1H4/t18-,21-,23+,26?;13?,15-,18-,20+;14-,16-,18+;14-,17-,19-,21+;;;/m1111.../s1. The number of nitrogens with one attached hydrogen (secondary N) is 4. The highest BCUT2D eigenvalue weighted by molar-refractivity contribution is 9.11. The minimum Gasteiger partial charge on any atom is -0.393 e. The first-order valence-corrected chi connectivity index (χ1v) is 54.9. The van der Waals surface area contributed by atoms with Crippen LogP contribution in [0.1, 0.15) is 214 Å². The summed E-state index contributed by atoms with van der Waals surface area (Å²) >= 11 is 19.8. The van der Waals surface area contributed by atoms with Gasteiger partial charge in [0, 0.05) is 106 Å². The summed E-state index contributed by atoms with van der Waals surface area (Å²) in [6.45, 7) is 1.79. The third kappa shape index (κ3) is 31.3. The summed E-state index contributed by atoms with van der Waals surface area (Å²) in [7, 11) is -16.4. The van der Waals surface area contributed by atoms with Gasteiger partial charge in [-0.3, -0.25) is 35.9 Å². The molecule has 17 N–H and O–H groups in total. The van der Waals surface area contributed by atoms with Crippen molar-refractivity contribution in [2.75, 3.05) is 54.3 Å². The molecule has 0 bridgehead atoms. The number of nitrogens with zero attached hydrogens (tertiary/aromatic N) is 8. The van der Waals surface area contributed by atoms with E-state index in [0.29, 0.717) is 122 Å². The molecule has 7 aliphatic rings. The van der Waals surface area contributed by atoms with Crippen LogP contribution in [0.15, 0.2) is 197 Å². The van der Waals surface area contributed by atoms with Crippen LogP contribution in [0.3, 0.4) is 0 Å². The monoisotopic (exact) mass is 2220 g/mol. The van der Waals surface area contributed by atoms with Crippen LogP contribution in [0.4, 0.5) is 23.3 Å². The predicted molar refractivity (Wildman–Crippen MR) is 554 cm³/mol. The number of aliphatic hydroxyl groups excluding tert-OH is 5. The molecule has 776 valence electrons. The maximum atomic E-state index is 13.6. The number of Topliss-reactive ketones (excluding diaryl/α,β-unsaturated/α-hetero) is 1. The van der Waals surface area contributed by atoms with Crippen molar-refractivity contribution in [3.63, 3.8) is 0 Å².